The number of anilines is 2. The van der Waals surface area contributed by atoms with E-state index in [4.69, 9.17) is 16.3 Å². The molecule has 2 aromatic rings. The SMILES string of the molecule is CC1CN(c2ccc(NC(=O)c3ccc(Cl)c(S(C)(=O)=O)c3)cn2)CC(C)O1. The molecule has 1 aromatic heterocycles. The molecule has 1 amide bonds. The summed E-state index contributed by atoms with van der Waals surface area (Å²) in [6.45, 7) is 5.55. The minimum absolute atomic E-state index is 0.0779. The third-order valence-electron chi connectivity index (χ3n) is 4.34. The van der Waals surface area contributed by atoms with Gasteiger partial charge >= 0.3 is 0 Å². The highest BCUT2D eigenvalue weighted by Gasteiger charge is 2.23. The maximum absolute atomic E-state index is 12.5. The highest BCUT2D eigenvalue weighted by atomic mass is 35.5. The number of benzene rings is 1. The minimum atomic E-state index is -3.53. The van der Waals surface area contributed by atoms with Crippen LogP contribution in [0.3, 0.4) is 0 Å². The van der Waals surface area contributed by atoms with E-state index in [0.29, 0.717) is 5.69 Å². The van der Waals surface area contributed by atoms with Gasteiger partial charge in [0.25, 0.3) is 5.91 Å². The Bertz CT molecular complexity index is 969. The topological polar surface area (TPSA) is 88.6 Å². The van der Waals surface area contributed by atoms with Gasteiger partial charge in [0, 0.05) is 24.9 Å². The number of aromatic nitrogens is 1. The first-order chi connectivity index (χ1) is 13.1. The van der Waals surface area contributed by atoms with Crippen LogP contribution in [0.15, 0.2) is 41.4 Å². The van der Waals surface area contributed by atoms with Crippen LogP contribution in [0.25, 0.3) is 0 Å². The molecule has 150 valence electrons. The molecule has 7 nitrogen and oxygen atoms in total. The number of carbonyl (C=O) groups excluding carboxylic acids is 1. The van der Waals surface area contributed by atoms with Crippen molar-refractivity contribution < 1.29 is 17.9 Å². The van der Waals surface area contributed by atoms with E-state index in [2.05, 4.69) is 15.2 Å². The predicted octanol–water partition coefficient (Wildman–Crippen LogP) is 3.00. The van der Waals surface area contributed by atoms with Crippen molar-refractivity contribution in [3.8, 4) is 0 Å². The van der Waals surface area contributed by atoms with Gasteiger partial charge in [0.1, 0.15) is 5.82 Å². The normalized spacial score (nSPS) is 20.1. The summed E-state index contributed by atoms with van der Waals surface area (Å²) in [4.78, 5) is 19.0. The first-order valence-electron chi connectivity index (χ1n) is 8.81. The Morgan fingerprint density at radius 3 is 2.46 bits per heavy atom. The Kier molecular flexibility index (Phi) is 5.92. The van der Waals surface area contributed by atoms with Crippen molar-refractivity contribution in [1.82, 2.24) is 4.98 Å². The van der Waals surface area contributed by atoms with Crippen molar-refractivity contribution in [2.45, 2.75) is 31.0 Å². The third-order valence-corrected chi connectivity index (χ3v) is 5.92. The molecule has 2 atom stereocenters. The molecule has 28 heavy (non-hydrogen) atoms. The Balaban J connectivity index is 1.73. The third kappa shape index (κ3) is 4.81. The first kappa shape index (κ1) is 20.6. The molecule has 9 heteroatoms. The molecule has 0 radical (unpaired) electrons. The van der Waals surface area contributed by atoms with Gasteiger partial charge in [0.2, 0.25) is 0 Å². The smallest absolute Gasteiger partial charge is 0.255 e. The number of pyridine rings is 1. The van der Waals surface area contributed by atoms with Crippen LogP contribution in [0.5, 0.6) is 0 Å². The van der Waals surface area contributed by atoms with Gasteiger partial charge in [-0.2, -0.15) is 0 Å². The van der Waals surface area contributed by atoms with Crippen LogP contribution in [-0.2, 0) is 14.6 Å². The summed E-state index contributed by atoms with van der Waals surface area (Å²) in [5.41, 5.74) is 0.712. The van der Waals surface area contributed by atoms with Crippen molar-refractivity contribution in [2.75, 3.05) is 29.6 Å². The van der Waals surface area contributed by atoms with Crippen molar-refractivity contribution in [3.63, 3.8) is 0 Å². The number of hydrogen-bond acceptors (Lipinski definition) is 6. The summed E-state index contributed by atoms with van der Waals surface area (Å²) >= 11 is 5.92. The van der Waals surface area contributed by atoms with Crippen LogP contribution in [0.4, 0.5) is 11.5 Å². The molecular weight excluding hydrogens is 402 g/mol. The molecule has 0 spiro atoms. The zero-order valence-electron chi connectivity index (χ0n) is 15.8. The number of halogens is 1. The molecule has 1 N–H and O–H groups in total. The summed E-state index contributed by atoms with van der Waals surface area (Å²) in [5.74, 6) is 0.371. The van der Waals surface area contributed by atoms with E-state index in [0.717, 1.165) is 25.2 Å². The van der Waals surface area contributed by atoms with Crippen LogP contribution < -0.4 is 10.2 Å². The van der Waals surface area contributed by atoms with Crippen LogP contribution in [0.1, 0.15) is 24.2 Å². The number of hydrogen-bond donors (Lipinski definition) is 1. The fourth-order valence-electron chi connectivity index (χ4n) is 3.14. The lowest BCUT2D eigenvalue weighted by Gasteiger charge is -2.36. The van der Waals surface area contributed by atoms with E-state index in [1.54, 1.807) is 12.3 Å². The molecule has 1 saturated heterocycles. The van der Waals surface area contributed by atoms with Gasteiger partial charge in [-0.25, -0.2) is 13.4 Å². The average molecular weight is 424 g/mol. The maximum atomic E-state index is 12.5. The molecule has 1 aliphatic heterocycles. The fraction of sp³-hybridized carbons (Fsp3) is 0.368. The summed E-state index contributed by atoms with van der Waals surface area (Å²) in [6.07, 6.45) is 2.87. The van der Waals surface area contributed by atoms with Crippen LogP contribution >= 0.6 is 11.6 Å². The summed E-state index contributed by atoms with van der Waals surface area (Å²) in [6, 6.07) is 7.74. The van der Waals surface area contributed by atoms with Gasteiger partial charge in [0.05, 0.1) is 34.0 Å². The molecule has 1 aliphatic rings. The fourth-order valence-corrected chi connectivity index (χ4v) is 4.45. The number of carbonyl (C=O) groups is 1. The standard InChI is InChI=1S/C19H22ClN3O4S/c1-12-10-23(11-13(2)27-12)18-7-5-15(9-21-18)22-19(24)14-4-6-16(20)17(8-14)28(3,25)26/h4-9,12-13H,10-11H2,1-3H3,(H,22,24). The second-order valence-corrected chi connectivity index (χ2v) is 9.33. The lowest BCUT2D eigenvalue weighted by atomic mass is 10.2. The molecule has 0 aliphatic carbocycles. The van der Waals surface area contributed by atoms with Crippen LogP contribution in [0, 0.1) is 0 Å². The van der Waals surface area contributed by atoms with Gasteiger partial charge < -0.3 is 15.0 Å². The average Bonchev–Trinajstić information content (AvgIpc) is 2.61. The van der Waals surface area contributed by atoms with Crippen molar-refractivity contribution in [3.05, 3.63) is 47.1 Å². The van der Waals surface area contributed by atoms with Crippen molar-refractivity contribution in [1.29, 1.82) is 0 Å². The number of ether oxygens (including phenoxy) is 1. The van der Waals surface area contributed by atoms with E-state index >= 15 is 0 Å². The Morgan fingerprint density at radius 1 is 1.21 bits per heavy atom. The summed E-state index contributed by atoms with van der Waals surface area (Å²) < 4.78 is 29.3. The van der Waals surface area contributed by atoms with Crippen molar-refractivity contribution >= 4 is 38.9 Å². The van der Waals surface area contributed by atoms with E-state index in [-0.39, 0.29) is 27.7 Å². The minimum Gasteiger partial charge on any atom is -0.372 e. The van der Waals surface area contributed by atoms with E-state index in [1.165, 1.54) is 18.2 Å². The van der Waals surface area contributed by atoms with E-state index < -0.39 is 15.7 Å². The molecule has 2 heterocycles. The van der Waals surface area contributed by atoms with E-state index in [1.807, 2.05) is 19.9 Å². The number of nitrogens with one attached hydrogen (secondary N) is 1. The highest BCUT2D eigenvalue weighted by Crippen LogP contribution is 2.24. The number of rotatable bonds is 4. The highest BCUT2D eigenvalue weighted by molar-refractivity contribution is 7.90. The molecular formula is C19H22ClN3O4S. The van der Waals surface area contributed by atoms with Crippen LogP contribution in [-0.4, -0.2) is 50.9 Å². The van der Waals surface area contributed by atoms with Crippen molar-refractivity contribution in [2.24, 2.45) is 0 Å². The predicted molar refractivity (Wildman–Crippen MR) is 109 cm³/mol. The molecule has 1 fully saturated rings. The van der Waals surface area contributed by atoms with Gasteiger partial charge in [-0.3, -0.25) is 4.79 Å². The zero-order valence-corrected chi connectivity index (χ0v) is 17.4. The first-order valence-corrected chi connectivity index (χ1v) is 11.1. The van der Waals surface area contributed by atoms with Gasteiger partial charge in [-0.15, -0.1) is 0 Å². The summed E-state index contributed by atoms with van der Waals surface area (Å²) in [5, 5.41) is 2.80. The summed E-state index contributed by atoms with van der Waals surface area (Å²) in [7, 11) is -3.53. The molecule has 2 unspecified atom stereocenters. The molecule has 3 rings (SSSR count). The number of nitrogens with zero attached hydrogens (tertiary/aromatic N) is 2. The van der Waals surface area contributed by atoms with Gasteiger partial charge in [-0.05, 0) is 44.2 Å². The van der Waals surface area contributed by atoms with Gasteiger partial charge in [0.15, 0.2) is 9.84 Å². The lowest BCUT2D eigenvalue weighted by molar-refractivity contribution is -0.00545. The van der Waals surface area contributed by atoms with Crippen LogP contribution in [0.2, 0.25) is 5.02 Å². The molecule has 0 saturated carbocycles. The number of morpholine rings is 1. The second-order valence-electron chi connectivity index (χ2n) is 6.94. The number of sulfone groups is 1. The zero-order chi connectivity index (χ0) is 20.5. The largest absolute Gasteiger partial charge is 0.372 e. The van der Waals surface area contributed by atoms with Gasteiger partial charge in [-0.1, -0.05) is 11.6 Å². The number of amides is 1. The Hall–Kier alpha value is -2.16. The maximum Gasteiger partial charge on any atom is 0.255 e. The monoisotopic (exact) mass is 423 g/mol. The second kappa shape index (κ2) is 8.06. The van der Waals surface area contributed by atoms with E-state index in [9.17, 15) is 13.2 Å². The lowest BCUT2D eigenvalue weighted by Crippen LogP contribution is -2.45. The Morgan fingerprint density at radius 2 is 1.89 bits per heavy atom. The molecule has 0 bridgehead atoms. The Labute approximate surface area is 169 Å². The molecule has 1 aromatic carbocycles. The quantitative estimate of drug-likeness (QED) is 0.813.